The monoisotopic (exact) mass is 312 g/mol. The zero-order chi connectivity index (χ0) is 16.1. The number of carbonyl (C=O) groups is 1. The molecule has 2 aromatic rings. The van der Waals surface area contributed by atoms with E-state index in [1.54, 1.807) is 23.2 Å². The number of nitrogens with zero attached hydrogens (tertiary/aromatic N) is 2. The zero-order valence-electron chi connectivity index (χ0n) is 12.9. The van der Waals surface area contributed by atoms with Gasteiger partial charge in [-0.2, -0.15) is 0 Å². The first-order valence-electron chi connectivity index (χ1n) is 7.82. The van der Waals surface area contributed by atoms with E-state index in [9.17, 15) is 9.90 Å². The van der Waals surface area contributed by atoms with E-state index in [0.717, 1.165) is 5.56 Å². The molecule has 1 aliphatic heterocycles. The van der Waals surface area contributed by atoms with Crippen LogP contribution in [-0.2, 0) is 6.61 Å². The van der Waals surface area contributed by atoms with Crippen LogP contribution in [0.3, 0.4) is 0 Å². The molecule has 0 aliphatic carbocycles. The minimum atomic E-state index is -0.291. The van der Waals surface area contributed by atoms with Crippen molar-refractivity contribution in [3.63, 3.8) is 0 Å². The Kier molecular flexibility index (Phi) is 4.88. The van der Waals surface area contributed by atoms with Crippen molar-refractivity contribution < 1.29 is 14.6 Å². The third-order valence-corrected chi connectivity index (χ3v) is 3.96. The van der Waals surface area contributed by atoms with Gasteiger partial charge in [-0.25, -0.2) is 4.98 Å². The Labute approximate surface area is 135 Å². The standard InChI is InChI=1S/C18H20N2O3/c21-16-7-10-20(11-8-16)18(22)15-6-9-19-17(12-15)23-13-14-4-2-1-3-5-14/h1-6,9,12,16,21H,7-8,10-11,13H2. The number of rotatable bonds is 4. The zero-order valence-corrected chi connectivity index (χ0v) is 12.9. The summed E-state index contributed by atoms with van der Waals surface area (Å²) in [5.74, 6) is 0.403. The van der Waals surface area contributed by atoms with Crippen LogP contribution in [0, 0.1) is 0 Å². The number of hydrogen-bond acceptors (Lipinski definition) is 4. The topological polar surface area (TPSA) is 62.7 Å². The highest BCUT2D eigenvalue weighted by atomic mass is 16.5. The lowest BCUT2D eigenvalue weighted by atomic mass is 10.1. The second-order valence-corrected chi connectivity index (χ2v) is 5.68. The predicted molar refractivity (Wildman–Crippen MR) is 86.2 cm³/mol. The molecular formula is C18H20N2O3. The molecule has 1 N–H and O–H groups in total. The van der Waals surface area contributed by atoms with Gasteiger partial charge >= 0.3 is 0 Å². The summed E-state index contributed by atoms with van der Waals surface area (Å²) >= 11 is 0. The molecule has 0 radical (unpaired) electrons. The lowest BCUT2D eigenvalue weighted by Gasteiger charge is -2.29. The highest BCUT2D eigenvalue weighted by molar-refractivity contribution is 5.94. The van der Waals surface area contributed by atoms with Crippen molar-refractivity contribution in [2.24, 2.45) is 0 Å². The number of hydrogen-bond donors (Lipinski definition) is 1. The van der Waals surface area contributed by atoms with Gasteiger partial charge in [-0.05, 0) is 24.5 Å². The van der Waals surface area contributed by atoms with Crippen LogP contribution in [-0.4, -0.2) is 40.1 Å². The molecular weight excluding hydrogens is 292 g/mol. The third kappa shape index (κ3) is 4.07. The van der Waals surface area contributed by atoms with Gasteiger partial charge in [0.2, 0.25) is 5.88 Å². The van der Waals surface area contributed by atoms with E-state index in [0.29, 0.717) is 44.0 Å². The molecule has 1 fully saturated rings. The van der Waals surface area contributed by atoms with Crippen LogP contribution in [0.2, 0.25) is 0 Å². The van der Waals surface area contributed by atoms with Crippen LogP contribution in [0.4, 0.5) is 0 Å². The first-order valence-corrected chi connectivity index (χ1v) is 7.82. The van der Waals surface area contributed by atoms with Crippen LogP contribution in [0.1, 0.15) is 28.8 Å². The number of piperidine rings is 1. The lowest BCUT2D eigenvalue weighted by Crippen LogP contribution is -2.40. The first-order chi connectivity index (χ1) is 11.2. The van der Waals surface area contributed by atoms with Crippen molar-refractivity contribution in [3.05, 3.63) is 59.8 Å². The molecule has 0 spiro atoms. The van der Waals surface area contributed by atoms with Crippen molar-refractivity contribution in [2.45, 2.75) is 25.6 Å². The Hall–Kier alpha value is -2.40. The number of pyridine rings is 1. The predicted octanol–water partition coefficient (Wildman–Crippen LogP) is 2.26. The molecule has 1 aromatic heterocycles. The first kappa shape index (κ1) is 15.5. The van der Waals surface area contributed by atoms with Gasteiger partial charge in [0.15, 0.2) is 0 Å². The normalized spacial score (nSPS) is 15.4. The highest BCUT2D eigenvalue weighted by Crippen LogP contribution is 2.17. The molecule has 5 nitrogen and oxygen atoms in total. The molecule has 1 aliphatic rings. The number of benzene rings is 1. The fourth-order valence-electron chi connectivity index (χ4n) is 2.60. The van der Waals surface area contributed by atoms with Gasteiger partial charge in [0.1, 0.15) is 6.61 Å². The van der Waals surface area contributed by atoms with Crippen molar-refractivity contribution in [2.75, 3.05) is 13.1 Å². The number of carbonyl (C=O) groups excluding carboxylic acids is 1. The van der Waals surface area contributed by atoms with E-state index in [4.69, 9.17) is 4.74 Å². The van der Waals surface area contributed by atoms with Crippen LogP contribution < -0.4 is 4.74 Å². The molecule has 2 heterocycles. The van der Waals surface area contributed by atoms with Crippen LogP contribution in [0.15, 0.2) is 48.7 Å². The van der Waals surface area contributed by atoms with E-state index in [2.05, 4.69) is 4.98 Å². The minimum absolute atomic E-state index is 0.0381. The summed E-state index contributed by atoms with van der Waals surface area (Å²) in [4.78, 5) is 18.4. The number of amides is 1. The van der Waals surface area contributed by atoms with Crippen LogP contribution in [0.5, 0.6) is 5.88 Å². The average Bonchev–Trinajstić information content (AvgIpc) is 2.61. The summed E-state index contributed by atoms with van der Waals surface area (Å²) < 4.78 is 5.67. The van der Waals surface area contributed by atoms with Gasteiger partial charge in [-0.1, -0.05) is 30.3 Å². The second kappa shape index (κ2) is 7.24. The SMILES string of the molecule is O=C(c1ccnc(OCc2ccccc2)c1)N1CCC(O)CC1. The van der Waals surface area contributed by atoms with Crippen molar-refractivity contribution in [1.29, 1.82) is 0 Å². The molecule has 1 aromatic carbocycles. The quantitative estimate of drug-likeness (QED) is 0.940. The Balaban J connectivity index is 1.64. The van der Waals surface area contributed by atoms with E-state index in [1.807, 2.05) is 30.3 Å². The molecule has 1 saturated heterocycles. The van der Waals surface area contributed by atoms with Gasteiger partial charge in [0.25, 0.3) is 5.91 Å². The van der Waals surface area contributed by atoms with E-state index < -0.39 is 0 Å². The maximum atomic E-state index is 12.5. The molecule has 120 valence electrons. The van der Waals surface area contributed by atoms with Crippen LogP contribution in [0.25, 0.3) is 0 Å². The summed E-state index contributed by atoms with van der Waals surface area (Å²) in [5.41, 5.74) is 1.62. The Morgan fingerprint density at radius 3 is 2.70 bits per heavy atom. The van der Waals surface area contributed by atoms with Crippen LogP contribution >= 0.6 is 0 Å². The fraction of sp³-hybridized carbons (Fsp3) is 0.333. The van der Waals surface area contributed by atoms with E-state index in [-0.39, 0.29) is 12.0 Å². The summed E-state index contributed by atoms with van der Waals surface area (Å²) in [6.45, 7) is 1.59. The van der Waals surface area contributed by atoms with Gasteiger partial charge in [0, 0.05) is 30.9 Å². The fourth-order valence-corrected chi connectivity index (χ4v) is 2.60. The minimum Gasteiger partial charge on any atom is -0.473 e. The average molecular weight is 312 g/mol. The van der Waals surface area contributed by atoms with Crippen molar-refractivity contribution >= 4 is 5.91 Å². The molecule has 1 amide bonds. The number of likely N-dealkylation sites (tertiary alicyclic amines) is 1. The number of ether oxygens (including phenoxy) is 1. The lowest BCUT2D eigenvalue weighted by molar-refractivity contribution is 0.0546. The molecule has 0 bridgehead atoms. The largest absolute Gasteiger partial charge is 0.473 e. The summed E-state index contributed by atoms with van der Waals surface area (Å²) in [5, 5.41) is 9.53. The maximum absolute atomic E-state index is 12.5. The smallest absolute Gasteiger partial charge is 0.254 e. The van der Waals surface area contributed by atoms with Gasteiger partial charge in [-0.3, -0.25) is 4.79 Å². The molecule has 3 rings (SSSR count). The Bertz CT molecular complexity index is 652. The number of aromatic nitrogens is 1. The number of aliphatic hydroxyl groups excluding tert-OH is 1. The molecule has 0 unspecified atom stereocenters. The van der Waals surface area contributed by atoms with Gasteiger partial charge in [0.05, 0.1) is 6.10 Å². The van der Waals surface area contributed by atoms with Gasteiger partial charge < -0.3 is 14.7 Å². The Morgan fingerprint density at radius 1 is 1.22 bits per heavy atom. The number of aliphatic hydroxyl groups is 1. The molecule has 23 heavy (non-hydrogen) atoms. The second-order valence-electron chi connectivity index (χ2n) is 5.68. The molecule has 5 heteroatoms. The highest BCUT2D eigenvalue weighted by Gasteiger charge is 2.22. The van der Waals surface area contributed by atoms with Crippen molar-refractivity contribution in [3.8, 4) is 5.88 Å². The van der Waals surface area contributed by atoms with E-state index >= 15 is 0 Å². The Morgan fingerprint density at radius 2 is 1.96 bits per heavy atom. The third-order valence-electron chi connectivity index (χ3n) is 3.96. The summed E-state index contributed by atoms with van der Waals surface area (Å²) in [6, 6.07) is 13.2. The maximum Gasteiger partial charge on any atom is 0.254 e. The summed E-state index contributed by atoms with van der Waals surface area (Å²) in [7, 11) is 0. The van der Waals surface area contributed by atoms with Gasteiger partial charge in [-0.15, -0.1) is 0 Å². The summed E-state index contributed by atoms with van der Waals surface area (Å²) in [6.07, 6.45) is 2.57. The van der Waals surface area contributed by atoms with Crippen molar-refractivity contribution in [1.82, 2.24) is 9.88 Å². The molecule has 0 atom stereocenters. The van der Waals surface area contributed by atoms with E-state index in [1.165, 1.54) is 0 Å². The molecule has 0 saturated carbocycles.